The van der Waals surface area contributed by atoms with Gasteiger partial charge in [0, 0.05) is 5.69 Å². The molecule has 0 heterocycles. The van der Waals surface area contributed by atoms with E-state index in [4.69, 9.17) is 4.74 Å². The number of hydrogen-bond acceptors (Lipinski definition) is 3. The number of ether oxygens (including phenoxy) is 1. The summed E-state index contributed by atoms with van der Waals surface area (Å²) in [6.45, 7) is 3.71. The standard InChI is InChI=1S/C17H21NO3/c1-12-7-6-10-15(13(12)2)18-16(19)11-21-17(20)14-8-4-3-5-9-14/h3-4,6-7,10,14H,5,8-9,11H2,1-2H3,(H,18,19)/t14-/m0/s1. The molecule has 1 aromatic rings. The fourth-order valence-corrected chi connectivity index (χ4v) is 2.34. The summed E-state index contributed by atoms with van der Waals surface area (Å²) >= 11 is 0. The van der Waals surface area contributed by atoms with E-state index in [0.717, 1.165) is 29.7 Å². The largest absolute Gasteiger partial charge is 0.455 e. The number of esters is 1. The molecule has 1 aliphatic rings. The van der Waals surface area contributed by atoms with Crippen molar-refractivity contribution in [1.29, 1.82) is 0 Å². The summed E-state index contributed by atoms with van der Waals surface area (Å²) in [5.41, 5.74) is 2.89. The van der Waals surface area contributed by atoms with E-state index in [9.17, 15) is 9.59 Å². The average Bonchev–Trinajstić information content (AvgIpc) is 2.50. The summed E-state index contributed by atoms with van der Waals surface area (Å²) in [6.07, 6.45) is 6.46. The van der Waals surface area contributed by atoms with Gasteiger partial charge < -0.3 is 10.1 Å². The van der Waals surface area contributed by atoms with Gasteiger partial charge in [-0.3, -0.25) is 9.59 Å². The fourth-order valence-electron chi connectivity index (χ4n) is 2.34. The maximum absolute atomic E-state index is 11.9. The SMILES string of the molecule is Cc1cccc(NC(=O)COC(=O)[C@H]2CC=CCC2)c1C. The topological polar surface area (TPSA) is 55.4 Å². The van der Waals surface area contributed by atoms with Crippen molar-refractivity contribution in [3.8, 4) is 0 Å². The zero-order valence-electron chi connectivity index (χ0n) is 12.5. The van der Waals surface area contributed by atoms with E-state index in [-0.39, 0.29) is 24.4 Å². The number of benzene rings is 1. The third kappa shape index (κ3) is 4.18. The lowest BCUT2D eigenvalue weighted by molar-refractivity contribution is -0.151. The zero-order valence-corrected chi connectivity index (χ0v) is 12.5. The van der Waals surface area contributed by atoms with E-state index in [1.807, 2.05) is 38.1 Å². The van der Waals surface area contributed by atoms with Crippen LogP contribution in [0.15, 0.2) is 30.4 Å². The van der Waals surface area contributed by atoms with E-state index in [1.165, 1.54) is 0 Å². The van der Waals surface area contributed by atoms with Gasteiger partial charge in [-0.1, -0.05) is 24.3 Å². The van der Waals surface area contributed by atoms with Crippen LogP contribution in [0.25, 0.3) is 0 Å². The van der Waals surface area contributed by atoms with Crippen LogP contribution in [0, 0.1) is 19.8 Å². The average molecular weight is 287 g/mol. The van der Waals surface area contributed by atoms with Crippen LogP contribution in [0.5, 0.6) is 0 Å². The summed E-state index contributed by atoms with van der Waals surface area (Å²) in [7, 11) is 0. The normalized spacial score (nSPS) is 17.3. The number of allylic oxidation sites excluding steroid dienone is 2. The Hall–Kier alpha value is -2.10. The van der Waals surface area contributed by atoms with E-state index in [1.54, 1.807) is 0 Å². The molecule has 0 saturated carbocycles. The van der Waals surface area contributed by atoms with Gasteiger partial charge in [0.2, 0.25) is 0 Å². The lowest BCUT2D eigenvalue weighted by Gasteiger charge is -2.16. The van der Waals surface area contributed by atoms with Gasteiger partial charge in [0.1, 0.15) is 0 Å². The third-order valence-electron chi connectivity index (χ3n) is 3.83. The van der Waals surface area contributed by atoms with Crippen molar-refractivity contribution in [2.24, 2.45) is 5.92 Å². The van der Waals surface area contributed by atoms with Gasteiger partial charge in [-0.05, 0) is 50.3 Å². The molecule has 1 aliphatic carbocycles. The second kappa shape index (κ2) is 7.07. The number of rotatable bonds is 4. The van der Waals surface area contributed by atoms with Gasteiger partial charge in [-0.15, -0.1) is 0 Å². The predicted octanol–water partition coefficient (Wildman–Crippen LogP) is 3.14. The molecule has 1 atom stereocenters. The van der Waals surface area contributed by atoms with Crippen LogP contribution in [-0.2, 0) is 14.3 Å². The van der Waals surface area contributed by atoms with Crippen molar-refractivity contribution in [2.45, 2.75) is 33.1 Å². The lowest BCUT2D eigenvalue weighted by atomic mass is 9.95. The molecule has 112 valence electrons. The Kier molecular flexibility index (Phi) is 5.14. The molecule has 0 bridgehead atoms. The quantitative estimate of drug-likeness (QED) is 0.683. The molecule has 0 radical (unpaired) electrons. The van der Waals surface area contributed by atoms with Crippen molar-refractivity contribution >= 4 is 17.6 Å². The number of aryl methyl sites for hydroxylation is 1. The van der Waals surface area contributed by atoms with Crippen molar-refractivity contribution in [3.05, 3.63) is 41.5 Å². The van der Waals surface area contributed by atoms with Crippen LogP contribution >= 0.6 is 0 Å². The molecule has 1 aromatic carbocycles. The Labute approximate surface area is 125 Å². The van der Waals surface area contributed by atoms with Gasteiger partial charge in [0.05, 0.1) is 5.92 Å². The summed E-state index contributed by atoms with van der Waals surface area (Å²) in [5, 5.41) is 2.78. The summed E-state index contributed by atoms with van der Waals surface area (Å²) in [5.74, 6) is -0.692. The highest BCUT2D eigenvalue weighted by Crippen LogP contribution is 2.20. The molecule has 21 heavy (non-hydrogen) atoms. The maximum atomic E-state index is 11.9. The molecule has 2 rings (SSSR count). The number of anilines is 1. The lowest BCUT2D eigenvalue weighted by Crippen LogP contribution is -2.25. The number of carbonyl (C=O) groups excluding carboxylic acids is 2. The van der Waals surface area contributed by atoms with Crippen LogP contribution in [0.2, 0.25) is 0 Å². The summed E-state index contributed by atoms with van der Waals surface area (Å²) < 4.78 is 5.10. The molecule has 0 fully saturated rings. The van der Waals surface area contributed by atoms with E-state index < -0.39 is 0 Å². The number of carbonyl (C=O) groups is 2. The van der Waals surface area contributed by atoms with Gasteiger partial charge in [0.25, 0.3) is 5.91 Å². The predicted molar refractivity (Wildman–Crippen MR) is 82.0 cm³/mol. The number of nitrogens with one attached hydrogen (secondary N) is 1. The monoisotopic (exact) mass is 287 g/mol. The number of hydrogen-bond donors (Lipinski definition) is 1. The minimum absolute atomic E-state index is 0.108. The minimum Gasteiger partial charge on any atom is -0.455 e. The Bertz CT molecular complexity index is 563. The van der Waals surface area contributed by atoms with Crippen LogP contribution in [-0.4, -0.2) is 18.5 Å². The smallest absolute Gasteiger partial charge is 0.309 e. The first-order valence-electron chi connectivity index (χ1n) is 7.25. The fraction of sp³-hybridized carbons (Fsp3) is 0.412. The first kappa shape index (κ1) is 15.3. The van der Waals surface area contributed by atoms with Crippen molar-refractivity contribution in [1.82, 2.24) is 0 Å². The van der Waals surface area contributed by atoms with Gasteiger partial charge in [-0.2, -0.15) is 0 Å². The molecule has 1 amide bonds. The zero-order chi connectivity index (χ0) is 15.2. The molecule has 0 aliphatic heterocycles. The van der Waals surface area contributed by atoms with Crippen LogP contribution in [0.3, 0.4) is 0 Å². The highest BCUT2D eigenvalue weighted by molar-refractivity contribution is 5.93. The molecular weight excluding hydrogens is 266 g/mol. The molecule has 0 spiro atoms. The first-order chi connectivity index (χ1) is 10.1. The van der Waals surface area contributed by atoms with Crippen molar-refractivity contribution in [2.75, 3.05) is 11.9 Å². The molecule has 0 saturated heterocycles. The molecule has 4 heteroatoms. The molecule has 1 N–H and O–H groups in total. The Morgan fingerprint density at radius 2 is 2.10 bits per heavy atom. The Balaban J connectivity index is 1.83. The van der Waals surface area contributed by atoms with Gasteiger partial charge >= 0.3 is 5.97 Å². The minimum atomic E-state index is -0.302. The molecule has 4 nitrogen and oxygen atoms in total. The van der Waals surface area contributed by atoms with Crippen LogP contribution < -0.4 is 5.32 Å². The third-order valence-corrected chi connectivity index (χ3v) is 3.83. The van der Waals surface area contributed by atoms with Crippen molar-refractivity contribution < 1.29 is 14.3 Å². The van der Waals surface area contributed by atoms with Gasteiger partial charge in [0.15, 0.2) is 6.61 Å². The second-order valence-electron chi connectivity index (χ2n) is 5.38. The molecule has 0 unspecified atom stereocenters. The van der Waals surface area contributed by atoms with Gasteiger partial charge in [-0.25, -0.2) is 0 Å². The highest BCUT2D eigenvalue weighted by atomic mass is 16.5. The van der Waals surface area contributed by atoms with E-state index >= 15 is 0 Å². The highest BCUT2D eigenvalue weighted by Gasteiger charge is 2.21. The first-order valence-corrected chi connectivity index (χ1v) is 7.25. The van der Waals surface area contributed by atoms with Crippen LogP contribution in [0.1, 0.15) is 30.4 Å². The second-order valence-corrected chi connectivity index (χ2v) is 5.38. The van der Waals surface area contributed by atoms with E-state index in [2.05, 4.69) is 11.4 Å². The summed E-state index contributed by atoms with van der Waals surface area (Å²) in [4.78, 5) is 23.7. The molecular formula is C17H21NO3. The summed E-state index contributed by atoms with van der Waals surface area (Å²) in [6, 6.07) is 5.72. The molecule has 0 aromatic heterocycles. The Morgan fingerprint density at radius 3 is 2.81 bits per heavy atom. The van der Waals surface area contributed by atoms with Crippen molar-refractivity contribution in [3.63, 3.8) is 0 Å². The Morgan fingerprint density at radius 1 is 1.29 bits per heavy atom. The van der Waals surface area contributed by atoms with E-state index in [0.29, 0.717) is 6.42 Å². The maximum Gasteiger partial charge on any atom is 0.309 e. The number of amides is 1. The van der Waals surface area contributed by atoms with Crippen LogP contribution in [0.4, 0.5) is 5.69 Å².